The fourth-order valence-corrected chi connectivity index (χ4v) is 4.54. The molecule has 0 N–H and O–H groups in total. The van der Waals surface area contributed by atoms with Gasteiger partial charge in [0, 0.05) is 57.9 Å². The summed E-state index contributed by atoms with van der Waals surface area (Å²) in [5, 5.41) is 4.32. The van der Waals surface area contributed by atoms with E-state index in [0.717, 1.165) is 36.3 Å². The monoisotopic (exact) mass is 378 g/mol. The van der Waals surface area contributed by atoms with Crippen molar-refractivity contribution >= 4 is 10.2 Å². The second-order valence-corrected chi connectivity index (χ2v) is 8.94. The van der Waals surface area contributed by atoms with Crippen molar-refractivity contribution in [2.45, 2.75) is 32.7 Å². The lowest BCUT2D eigenvalue weighted by Crippen LogP contribution is -2.45. The molecule has 0 unspecified atom stereocenters. The van der Waals surface area contributed by atoms with Crippen LogP contribution in [0, 0.1) is 5.92 Å². The lowest BCUT2D eigenvalue weighted by molar-refractivity contribution is 0.253. The van der Waals surface area contributed by atoms with E-state index in [1.807, 2.05) is 17.8 Å². The van der Waals surface area contributed by atoms with Gasteiger partial charge in [0.25, 0.3) is 10.2 Å². The van der Waals surface area contributed by atoms with Crippen LogP contribution < -0.4 is 0 Å². The first-order chi connectivity index (χ1) is 12.4. The fourth-order valence-electron chi connectivity index (χ4n) is 3.32. The molecule has 0 aliphatic carbocycles. The minimum atomic E-state index is -3.37. The van der Waals surface area contributed by atoms with Gasteiger partial charge in [0.1, 0.15) is 0 Å². The molecule has 0 radical (unpaired) electrons. The van der Waals surface area contributed by atoms with Crippen LogP contribution >= 0.6 is 0 Å². The lowest BCUT2D eigenvalue weighted by atomic mass is 9.93. The van der Waals surface area contributed by atoms with Gasteiger partial charge in [-0.25, -0.2) is 0 Å². The first-order valence-electron chi connectivity index (χ1n) is 8.92. The molecule has 3 rings (SSSR count). The summed E-state index contributed by atoms with van der Waals surface area (Å²) >= 11 is 0. The van der Waals surface area contributed by atoms with E-state index in [1.54, 1.807) is 37.0 Å². The predicted octanol–water partition coefficient (Wildman–Crippen LogP) is 1.42. The number of hydrogen-bond donors (Lipinski definition) is 0. The van der Waals surface area contributed by atoms with Crippen LogP contribution in [-0.2, 0) is 23.2 Å². The summed E-state index contributed by atoms with van der Waals surface area (Å²) in [5.74, 6) is 0.232. The maximum atomic E-state index is 12.4. The van der Waals surface area contributed by atoms with Gasteiger partial charge >= 0.3 is 0 Å². The Kier molecular flexibility index (Phi) is 5.69. The van der Waals surface area contributed by atoms with Crippen LogP contribution in [0.1, 0.15) is 25.5 Å². The topological polar surface area (TPSA) is 84.2 Å². The normalized spacial score (nSPS) is 19.2. The third kappa shape index (κ3) is 3.94. The quantitative estimate of drug-likeness (QED) is 0.759. The van der Waals surface area contributed by atoms with Crippen molar-refractivity contribution in [2.24, 2.45) is 5.92 Å². The maximum absolute atomic E-state index is 12.4. The van der Waals surface area contributed by atoms with Gasteiger partial charge in [0.2, 0.25) is 0 Å². The van der Waals surface area contributed by atoms with Crippen molar-refractivity contribution in [2.75, 3.05) is 27.2 Å². The SMILES string of the molecule is CCn1cc(-c2nccnc2C[C@H]2CCCN(S(=O)(=O)N(C)C)C2)cn1. The molecule has 0 amide bonds. The van der Waals surface area contributed by atoms with E-state index in [9.17, 15) is 8.42 Å². The third-order valence-electron chi connectivity index (χ3n) is 4.76. The standard InChI is InChI=1S/C17H26N6O2S/c1-4-22-13-15(11-20-22)17-16(18-7-8-19-17)10-14-6-5-9-23(12-14)26(24,25)21(2)3/h7-8,11,13-14H,4-6,9-10,12H2,1-3H3/t14-/m1/s1. The number of hydrogen-bond acceptors (Lipinski definition) is 5. The van der Waals surface area contributed by atoms with Gasteiger partial charge < -0.3 is 0 Å². The van der Waals surface area contributed by atoms with E-state index in [2.05, 4.69) is 15.1 Å². The highest BCUT2D eigenvalue weighted by Gasteiger charge is 2.31. The molecule has 1 aliphatic rings. The van der Waals surface area contributed by atoms with Crippen molar-refractivity contribution in [3.63, 3.8) is 0 Å². The third-order valence-corrected chi connectivity index (χ3v) is 6.66. The first kappa shape index (κ1) is 18.9. The molecule has 0 saturated carbocycles. The summed E-state index contributed by atoms with van der Waals surface area (Å²) < 4.78 is 29.6. The van der Waals surface area contributed by atoms with Gasteiger partial charge in [-0.15, -0.1) is 0 Å². The zero-order chi connectivity index (χ0) is 18.7. The molecule has 0 spiro atoms. The molecule has 0 bridgehead atoms. The summed E-state index contributed by atoms with van der Waals surface area (Å²) in [5.41, 5.74) is 2.68. The van der Waals surface area contributed by atoms with Crippen LogP contribution in [0.5, 0.6) is 0 Å². The molecular formula is C17H26N6O2S. The zero-order valence-corrected chi connectivity index (χ0v) is 16.4. The number of aromatic nitrogens is 4. The molecule has 2 aromatic heterocycles. The van der Waals surface area contributed by atoms with E-state index in [-0.39, 0.29) is 5.92 Å². The minimum Gasteiger partial charge on any atom is -0.272 e. The van der Waals surface area contributed by atoms with Gasteiger partial charge in [0.05, 0.1) is 17.6 Å². The number of aryl methyl sites for hydroxylation is 1. The van der Waals surface area contributed by atoms with Gasteiger partial charge in [0.15, 0.2) is 0 Å². The average Bonchev–Trinajstić information content (AvgIpc) is 3.11. The molecular weight excluding hydrogens is 352 g/mol. The number of piperidine rings is 1. The highest BCUT2D eigenvalue weighted by atomic mass is 32.2. The van der Waals surface area contributed by atoms with Crippen LogP contribution in [-0.4, -0.2) is 64.0 Å². The van der Waals surface area contributed by atoms with Gasteiger partial charge in [-0.2, -0.15) is 22.1 Å². The van der Waals surface area contributed by atoms with Gasteiger partial charge in [-0.1, -0.05) is 0 Å². The van der Waals surface area contributed by atoms with E-state index in [1.165, 1.54) is 4.31 Å². The van der Waals surface area contributed by atoms with Crippen LogP contribution in [0.3, 0.4) is 0 Å². The number of rotatable bonds is 6. The van der Waals surface area contributed by atoms with E-state index < -0.39 is 10.2 Å². The summed E-state index contributed by atoms with van der Waals surface area (Å²) in [6, 6.07) is 0. The first-order valence-corrected chi connectivity index (χ1v) is 10.3. The molecule has 1 saturated heterocycles. The molecule has 8 nitrogen and oxygen atoms in total. The lowest BCUT2D eigenvalue weighted by Gasteiger charge is -2.33. The second-order valence-electron chi connectivity index (χ2n) is 6.80. The largest absolute Gasteiger partial charge is 0.281 e. The van der Waals surface area contributed by atoms with Crippen molar-refractivity contribution in [1.29, 1.82) is 0 Å². The molecule has 1 aliphatic heterocycles. The Hall–Kier alpha value is -1.84. The number of nitrogens with zero attached hydrogens (tertiary/aromatic N) is 6. The van der Waals surface area contributed by atoms with Crippen LogP contribution in [0.15, 0.2) is 24.8 Å². The average molecular weight is 379 g/mol. The van der Waals surface area contributed by atoms with E-state index in [4.69, 9.17) is 0 Å². The molecule has 1 atom stereocenters. The van der Waals surface area contributed by atoms with Gasteiger partial charge in [-0.3, -0.25) is 14.6 Å². The molecule has 3 heterocycles. The molecule has 2 aromatic rings. The van der Waals surface area contributed by atoms with Crippen molar-refractivity contribution in [3.05, 3.63) is 30.5 Å². The molecule has 26 heavy (non-hydrogen) atoms. The molecule has 142 valence electrons. The van der Waals surface area contributed by atoms with E-state index >= 15 is 0 Å². The molecule has 1 fully saturated rings. The van der Waals surface area contributed by atoms with Crippen LogP contribution in [0.2, 0.25) is 0 Å². The van der Waals surface area contributed by atoms with Crippen molar-refractivity contribution in [3.8, 4) is 11.3 Å². The van der Waals surface area contributed by atoms with Crippen LogP contribution in [0.25, 0.3) is 11.3 Å². The minimum absolute atomic E-state index is 0.232. The highest BCUT2D eigenvalue weighted by Crippen LogP contribution is 2.26. The Labute approximate surface area is 155 Å². The Morgan fingerprint density at radius 3 is 2.73 bits per heavy atom. The zero-order valence-electron chi connectivity index (χ0n) is 15.5. The van der Waals surface area contributed by atoms with Crippen LogP contribution in [0.4, 0.5) is 0 Å². The maximum Gasteiger partial charge on any atom is 0.281 e. The van der Waals surface area contributed by atoms with E-state index in [0.29, 0.717) is 19.5 Å². The fraction of sp³-hybridized carbons (Fsp3) is 0.588. The highest BCUT2D eigenvalue weighted by molar-refractivity contribution is 7.86. The summed E-state index contributed by atoms with van der Waals surface area (Å²) in [6.07, 6.45) is 9.72. The Balaban J connectivity index is 1.79. The molecule has 9 heteroatoms. The summed E-state index contributed by atoms with van der Waals surface area (Å²) in [4.78, 5) is 9.03. The second kappa shape index (κ2) is 7.81. The van der Waals surface area contributed by atoms with Crippen molar-refractivity contribution < 1.29 is 8.42 Å². The van der Waals surface area contributed by atoms with Crippen molar-refractivity contribution in [1.82, 2.24) is 28.4 Å². The summed E-state index contributed by atoms with van der Waals surface area (Å²) in [7, 11) is -0.221. The van der Waals surface area contributed by atoms with Gasteiger partial charge in [-0.05, 0) is 32.1 Å². The Morgan fingerprint density at radius 2 is 2.04 bits per heavy atom. The smallest absolute Gasteiger partial charge is 0.272 e. The Morgan fingerprint density at radius 1 is 1.27 bits per heavy atom. The summed E-state index contributed by atoms with van der Waals surface area (Å²) in [6.45, 7) is 3.93. The Bertz CT molecular complexity index is 848. The molecule has 0 aromatic carbocycles. The predicted molar refractivity (Wildman–Crippen MR) is 99.5 cm³/mol.